The monoisotopic (exact) mass is 545 g/mol. The minimum atomic E-state index is -1.55. The van der Waals surface area contributed by atoms with Gasteiger partial charge in [0.25, 0.3) is 0 Å². The summed E-state index contributed by atoms with van der Waals surface area (Å²) in [6, 6.07) is 7.01. The lowest BCUT2D eigenvalue weighted by Crippen LogP contribution is -2.58. The smallest absolute Gasteiger partial charge is 0.410 e. The van der Waals surface area contributed by atoms with E-state index >= 15 is 0 Å². The van der Waals surface area contributed by atoms with E-state index in [1.165, 1.54) is 22.4 Å². The van der Waals surface area contributed by atoms with Crippen LogP contribution in [0.1, 0.15) is 65.0 Å². The molecule has 39 heavy (non-hydrogen) atoms. The third-order valence-corrected chi connectivity index (χ3v) is 7.37. The molecule has 0 aromatic heterocycles. The summed E-state index contributed by atoms with van der Waals surface area (Å²) in [5.41, 5.74) is -0.0570. The number of aliphatic hydroxyl groups excluding tert-OH is 1. The van der Waals surface area contributed by atoms with Crippen LogP contribution in [0.3, 0.4) is 0 Å². The Kier molecular flexibility index (Phi) is 9.64. The predicted octanol–water partition coefficient (Wildman–Crippen LogP) is 3.38. The van der Waals surface area contributed by atoms with Crippen LogP contribution in [0.25, 0.3) is 0 Å². The Hall–Kier alpha value is -3.14. The Morgan fingerprint density at radius 2 is 1.85 bits per heavy atom. The summed E-state index contributed by atoms with van der Waals surface area (Å²) < 4.78 is 11.3. The van der Waals surface area contributed by atoms with Crippen molar-refractivity contribution in [2.75, 3.05) is 26.7 Å². The molecule has 216 valence electrons. The van der Waals surface area contributed by atoms with Gasteiger partial charge in [-0.2, -0.15) is 0 Å². The molecule has 3 amide bonds. The highest BCUT2D eigenvalue weighted by Gasteiger charge is 2.51. The maximum absolute atomic E-state index is 13.9. The van der Waals surface area contributed by atoms with Crippen molar-refractivity contribution < 1.29 is 33.8 Å². The molecule has 0 aliphatic carbocycles. The molecular formula is C29H43N3O7. The number of carbonyl (C=O) groups excluding carboxylic acids is 4. The zero-order chi connectivity index (χ0) is 29.0. The van der Waals surface area contributed by atoms with Crippen LogP contribution in [0, 0.1) is 5.92 Å². The van der Waals surface area contributed by atoms with E-state index in [2.05, 4.69) is 0 Å². The molecule has 2 heterocycles. The molecule has 0 spiro atoms. The Bertz CT molecular complexity index is 1050. The SMILES string of the molecule is CC(C)CC[C@@H](C(=O)N1C[C@H](OC(=O)N2CCc3ccccc3C2)C[C@]1(C=O)CO)N(C)C(=O)OC(C)(C)C. The number of nitrogens with zero attached hydrogens (tertiary/aromatic N) is 3. The summed E-state index contributed by atoms with van der Waals surface area (Å²) in [7, 11) is 1.50. The van der Waals surface area contributed by atoms with Gasteiger partial charge in [0.1, 0.15) is 29.6 Å². The molecular weight excluding hydrogens is 502 g/mol. The number of benzene rings is 1. The van der Waals surface area contributed by atoms with Crippen molar-refractivity contribution >= 4 is 24.4 Å². The third kappa shape index (κ3) is 7.29. The highest BCUT2D eigenvalue weighted by molar-refractivity contribution is 5.89. The largest absolute Gasteiger partial charge is 0.444 e. The Balaban J connectivity index is 1.78. The van der Waals surface area contributed by atoms with Gasteiger partial charge in [-0.15, -0.1) is 0 Å². The number of ether oxygens (including phenoxy) is 2. The molecule has 3 rings (SSSR count). The van der Waals surface area contributed by atoms with Gasteiger partial charge in [-0.05, 0) is 57.1 Å². The summed E-state index contributed by atoms with van der Waals surface area (Å²) in [4.78, 5) is 56.3. The lowest BCUT2D eigenvalue weighted by Gasteiger charge is -2.37. The standard InChI is InChI=1S/C29H43N3O7/c1-20(2)11-12-24(30(6)26(36)39-28(3,4)5)25(35)32-17-23(15-29(32,18-33)19-34)38-27(37)31-14-13-21-9-7-8-10-22(21)16-31/h7-10,18,20,23-24,34H,11-17,19H2,1-6H3/t23-,24+,29+/m1/s1. The highest BCUT2D eigenvalue weighted by atomic mass is 16.6. The fourth-order valence-corrected chi connectivity index (χ4v) is 5.13. The van der Waals surface area contributed by atoms with Crippen LogP contribution in [-0.4, -0.2) is 94.2 Å². The van der Waals surface area contributed by atoms with Gasteiger partial charge < -0.3 is 29.2 Å². The Morgan fingerprint density at radius 1 is 1.18 bits per heavy atom. The van der Waals surface area contributed by atoms with Crippen LogP contribution in [0.5, 0.6) is 0 Å². The van der Waals surface area contributed by atoms with Gasteiger partial charge in [0.05, 0.1) is 13.2 Å². The van der Waals surface area contributed by atoms with E-state index in [-0.39, 0.29) is 18.9 Å². The average molecular weight is 546 g/mol. The number of likely N-dealkylation sites (N-methyl/N-ethyl adjacent to an activating group) is 1. The summed E-state index contributed by atoms with van der Waals surface area (Å²) in [5, 5.41) is 10.3. The maximum atomic E-state index is 13.9. The van der Waals surface area contributed by atoms with Gasteiger partial charge in [0.2, 0.25) is 5.91 Å². The van der Waals surface area contributed by atoms with Crippen molar-refractivity contribution in [3.8, 4) is 0 Å². The van der Waals surface area contributed by atoms with Crippen LogP contribution in [-0.2, 0) is 32.0 Å². The van der Waals surface area contributed by atoms with Gasteiger partial charge in [-0.3, -0.25) is 9.69 Å². The van der Waals surface area contributed by atoms with Gasteiger partial charge in [-0.25, -0.2) is 9.59 Å². The van der Waals surface area contributed by atoms with Gasteiger partial charge >= 0.3 is 12.2 Å². The number of rotatable bonds is 8. The number of aldehydes is 1. The zero-order valence-electron chi connectivity index (χ0n) is 24.0. The first-order chi connectivity index (χ1) is 18.3. The molecule has 0 bridgehead atoms. The molecule has 2 aliphatic heterocycles. The van der Waals surface area contributed by atoms with E-state index in [1.54, 1.807) is 25.7 Å². The minimum absolute atomic E-state index is 0.0258. The first-order valence-corrected chi connectivity index (χ1v) is 13.7. The molecule has 0 saturated carbocycles. The van der Waals surface area contributed by atoms with Crippen molar-refractivity contribution in [3.63, 3.8) is 0 Å². The Labute approximate surface area is 231 Å². The quantitative estimate of drug-likeness (QED) is 0.498. The Morgan fingerprint density at radius 3 is 2.44 bits per heavy atom. The molecule has 1 N–H and O–H groups in total. The molecule has 0 unspecified atom stereocenters. The summed E-state index contributed by atoms with van der Waals surface area (Å²) >= 11 is 0. The lowest BCUT2D eigenvalue weighted by molar-refractivity contribution is -0.146. The summed E-state index contributed by atoms with van der Waals surface area (Å²) in [6.45, 7) is 9.50. The van der Waals surface area contributed by atoms with Crippen molar-refractivity contribution in [1.29, 1.82) is 0 Å². The van der Waals surface area contributed by atoms with E-state index < -0.39 is 48.0 Å². The molecule has 2 aliphatic rings. The second-order valence-corrected chi connectivity index (χ2v) is 12.1. The molecule has 1 aromatic rings. The topological polar surface area (TPSA) is 117 Å². The molecule has 10 heteroatoms. The van der Waals surface area contributed by atoms with E-state index in [1.807, 2.05) is 38.1 Å². The fraction of sp³-hybridized carbons (Fsp3) is 0.655. The van der Waals surface area contributed by atoms with E-state index in [4.69, 9.17) is 9.47 Å². The summed E-state index contributed by atoms with van der Waals surface area (Å²) in [5.74, 6) is -0.224. The first kappa shape index (κ1) is 30.4. The minimum Gasteiger partial charge on any atom is -0.444 e. The van der Waals surface area contributed by atoms with Crippen LogP contribution in [0.2, 0.25) is 0 Å². The third-order valence-electron chi connectivity index (χ3n) is 7.37. The molecule has 10 nitrogen and oxygen atoms in total. The van der Waals surface area contributed by atoms with Crippen molar-refractivity contribution in [1.82, 2.24) is 14.7 Å². The van der Waals surface area contributed by atoms with Crippen LogP contribution < -0.4 is 0 Å². The van der Waals surface area contributed by atoms with Gasteiger partial charge in [0, 0.05) is 26.6 Å². The highest BCUT2D eigenvalue weighted by Crippen LogP contribution is 2.32. The first-order valence-electron chi connectivity index (χ1n) is 13.7. The van der Waals surface area contributed by atoms with E-state index in [0.29, 0.717) is 38.6 Å². The van der Waals surface area contributed by atoms with Crippen molar-refractivity contribution in [2.24, 2.45) is 5.92 Å². The summed E-state index contributed by atoms with van der Waals surface area (Å²) in [6.07, 6.45) is 0.268. The number of hydrogen-bond donors (Lipinski definition) is 1. The van der Waals surface area contributed by atoms with E-state index in [9.17, 15) is 24.3 Å². The van der Waals surface area contributed by atoms with Gasteiger partial charge in [-0.1, -0.05) is 38.1 Å². The molecule has 1 aromatic carbocycles. The predicted molar refractivity (Wildman–Crippen MR) is 145 cm³/mol. The molecule has 3 atom stereocenters. The maximum Gasteiger partial charge on any atom is 0.410 e. The van der Waals surface area contributed by atoms with Crippen LogP contribution >= 0.6 is 0 Å². The van der Waals surface area contributed by atoms with E-state index in [0.717, 1.165) is 5.56 Å². The average Bonchev–Trinajstić information content (AvgIpc) is 3.25. The molecule has 0 radical (unpaired) electrons. The number of fused-ring (bicyclic) bond motifs is 1. The molecule has 1 saturated heterocycles. The number of hydrogen-bond acceptors (Lipinski definition) is 7. The molecule has 1 fully saturated rings. The zero-order valence-corrected chi connectivity index (χ0v) is 24.0. The van der Waals surface area contributed by atoms with Crippen molar-refractivity contribution in [2.45, 2.75) is 90.1 Å². The number of aliphatic hydroxyl groups is 1. The number of likely N-dealkylation sites (tertiary alicyclic amines) is 1. The normalized spacial score (nSPS) is 21.8. The number of amides is 3. The number of carbonyl (C=O) groups is 4. The van der Waals surface area contributed by atoms with Crippen molar-refractivity contribution in [3.05, 3.63) is 35.4 Å². The lowest BCUT2D eigenvalue weighted by atomic mass is 9.96. The fourth-order valence-electron chi connectivity index (χ4n) is 5.13. The van der Waals surface area contributed by atoms with Crippen LogP contribution in [0.15, 0.2) is 24.3 Å². The second kappa shape index (κ2) is 12.4. The van der Waals surface area contributed by atoms with Gasteiger partial charge in [0.15, 0.2) is 0 Å². The van der Waals surface area contributed by atoms with Crippen LogP contribution in [0.4, 0.5) is 9.59 Å². The second-order valence-electron chi connectivity index (χ2n) is 12.1.